The Labute approximate surface area is 274 Å². The van der Waals surface area contributed by atoms with E-state index in [2.05, 4.69) is 0 Å². The number of alkyl halides is 3. The van der Waals surface area contributed by atoms with E-state index >= 15 is 4.39 Å². The van der Waals surface area contributed by atoms with Crippen LogP contribution < -0.4 is 10.5 Å². The summed E-state index contributed by atoms with van der Waals surface area (Å²) in [4.78, 5) is 28.4. The van der Waals surface area contributed by atoms with E-state index in [1.165, 1.54) is 28.8 Å². The van der Waals surface area contributed by atoms with Gasteiger partial charge in [-0.05, 0) is 72.7 Å². The Bertz CT molecular complexity index is 1720. The quantitative estimate of drug-likeness (QED) is 0.0751. The summed E-state index contributed by atoms with van der Waals surface area (Å²) in [6, 6.07) is 17.6. The highest BCUT2D eigenvalue weighted by molar-refractivity contribution is 7.98. The molecule has 47 heavy (non-hydrogen) atoms. The lowest BCUT2D eigenvalue weighted by molar-refractivity contribution is -0.189. The van der Waals surface area contributed by atoms with Gasteiger partial charge in [0.25, 0.3) is 5.91 Å². The van der Waals surface area contributed by atoms with Gasteiger partial charge in [0.15, 0.2) is 0 Å². The summed E-state index contributed by atoms with van der Waals surface area (Å²) in [6.07, 6.45) is -1.57. The Balaban J connectivity index is 1.92. The summed E-state index contributed by atoms with van der Waals surface area (Å²) in [5.74, 6) is -4.94. The highest BCUT2D eigenvalue weighted by atomic mass is 32.2. The van der Waals surface area contributed by atoms with Crippen LogP contribution in [0.2, 0.25) is 0 Å². The smallest absolute Gasteiger partial charge is 0.419 e. The van der Waals surface area contributed by atoms with Gasteiger partial charge in [-0.1, -0.05) is 51.1 Å². The van der Waals surface area contributed by atoms with Crippen molar-refractivity contribution in [2.45, 2.75) is 50.9 Å². The van der Waals surface area contributed by atoms with Crippen LogP contribution in [0.15, 0.2) is 83.9 Å². The highest BCUT2D eigenvalue weighted by Crippen LogP contribution is 2.42. The van der Waals surface area contributed by atoms with Crippen LogP contribution in [0.4, 0.5) is 22.0 Å². The number of aromatic nitrogens is 1. The maximum atomic E-state index is 15.0. The van der Waals surface area contributed by atoms with Crippen molar-refractivity contribution in [3.63, 3.8) is 0 Å². The molecule has 0 unspecified atom stereocenters. The molecule has 2 N–H and O–H groups in total. The fraction of sp³-hybridized carbons (Fsp3) is 0.314. The van der Waals surface area contributed by atoms with Gasteiger partial charge in [-0.25, -0.2) is 13.6 Å². The second-order valence-electron chi connectivity index (χ2n) is 12.1. The van der Waals surface area contributed by atoms with Gasteiger partial charge < -0.3 is 19.9 Å². The largest absolute Gasteiger partial charge is 0.491 e. The number of hydrogen-bond acceptors (Lipinski definition) is 5. The molecule has 6 nitrogen and oxygen atoms in total. The third kappa shape index (κ3) is 8.61. The highest BCUT2D eigenvalue weighted by Gasteiger charge is 2.43. The molecule has 1 heterocycles. The molecule has 1 aromatic heterocycles. The summed E-state index contributed by atoms with van der Waals surface area (Å²) in [5.41, 5.74) is 6.78. The van der Waals surface area contributed by atoms with E-state index in [4.69, 9.17) is 10.5 Å². The number of rotatable bonds is 11. The summed E-state index contributed by atoms with van der Waals surface area (Å²) < 4.78 is 75.7. The van der Waals surface area contributed by atoms with Gasteiger partial charge in [-0.2, -0.15) is 13.2 Å². The maximum absolute atomic E-state index is 15.0. The standard InChI is InChI=1S/C35H36F5N3O3S/c1-34(2,3)31(29-17-23(27-18-24(36)11-14-28(27)37)21-42(29)20-22-9-6-5-7-10-22)43(16-8-15-41)32(44)26-13-12-25(47-4)19-30(26)46-33(45)35(38,39)40/h5-7,9-14,17-19,21,31H,8,15-16,20,41H2,1-4H3/t31-/m0/s1. The van der Waals surface area contributed by atoms with E-state index in [1.807, 2.05) is 55.7 Å². The van der Waals surface area contributed by atoms with E-state index in [0.29, 0.717) is 29.1 Å². The maximum Gasteiger partial charge on any atom is 0.491 e. The first kappa shape index (κ1) is 35.7. The number of halogens is 5. The van der Waals surface area contributed by atoms with Gasteiger partial charge in [-0.3, -0.25) is 4.79 Å². The molecule has 0 fully saturated rings. The van der Waals surface area contributed by atoms with Crippen molar-refractivity contribution in [2.75, 3.05) is 19.3 Å². The molecule has 0 spiro atoms. The first-order valence-corrected chi connectivity index (χ1v) is 16.0. The molecule has 0 bridgehead atoms. The van der Waals surface area contributed by atoms with E-state index in [0.717, 1.165) is 23.8 Å². The van der Waals surface area contributed by atoms with Crippen molar-refractivity contribution in [2.24, 2.45) is 11.1 Å². The molecule has 0 radical (unpaired) electrons. The van der Waals surface area contributed by atoms with Gasteiger partial charge >= 0.3 is 12.1 Å². The van der Waals surface area contributed by atoms with E-state index in [-0.39, 0.29) is 24.2 Å². The average Bonchev–Trinajstić information content (AvgIpc) is 3.41. The number of benzene rings is 3. The topological polar surface area (TPSA) is 77.6 Å². The lowest BCUT2D eigenvalue weighted by Gasteiger charge is -2.41. The molecule has 3 aromatic carbocycles. The van der Waals surface area contributed by atoms with Crippen molar-refractivity contribution in [3.05, 3.63) is 107 Å². The van der Waals surface area contributed by atoms with Crippen molar-refractivity contribution >= 4 is 23.6 Å². The fourth-order valence-corrected chi connectivity index (χ4v) is 5.85. The van der Waals surface area contributed by atoms with E-state index in [1.54, 1.807) is 24.6 Å². The number of ether oxygens (including phenoxy) is 1. The minimum Gasteiger partial charge on any atom is -0.419 e. The number of esters is 1. The molecule has 0 saturated carbocycles. The van der Waals surface area contributed by atoms with E-state index in [9.17, 15) is 27.2 Å². The molecule has 1 amide bonds. The van der Waals surface area contributed by atoms with Gasteiger partial charge in [-0.15, -0.1) is 11.8 Å². The second-order valence-corrected chi connectivity index (χ2v) is 12.9. The van der Waals surface area contributed by atoms with Gasteiger partial charge in [0.1, 0.15) is 17.4 Å². The normalized spacial score (nSPS) is 12.6. The first-order chi connectivity index (χ1) is 22.1. The number of amides is 1. The molecule has 4 aromatic rings. The monoisotopic (exact) mass is 673 g/mol. The molecule has 0 aliphatic carbocycles. The molecular weight excluding hydrogens is 637 g/mol. The predicted octanol–water partition coefficient (Wildman–Crippen LogP) is 8.25. The molecular formula is C35H36F5N3O3S. The van der Waals surface area contributed by atoms with Crippen LogP contribution in [0.3, 0.4) is 0 Å². The zero-order chi connectivity index (χ0) is 34.5. The van der Waals surface area contributed by atoms with Crippen LogP contribution in [0.25, 0.3) is 11.1 Å². The van der Waals surface area contributed by atoms with Crippen LogP contribution in [0.5, 0.6) is 5.75 Å². The van der Waals surface area contributed by atoms with Crippen molar-refractivity contribution in [1.82, 2.24) is 9.47 Å². The third-order valence-electron chi connectivity index (χ3n) is 7.49. The number of carbonyl (C=O) groups excluding carboxylic acids is 2. The molecule has 0 aliphatic heterocycles. The van der Waals surface area contributed by atoms with Crippen LogP contribution in [-0.2, 0) is 11.3 Å². The van der Waals surface area contributed by atoms with Crippen LogP contribution in [-0.4, -0.2) is 46.9 Å². The molecule has 12 heteroatoms. The minimum absolute atomic E-state index is 0.0274. The Morgan fingerprint density at radius 2 is 1.68 bits per heavy atom. The Morgan fingerprint density at radius 3 is 2.30 bits per heavy atom. The average molecular weight is 674 g/mol. The molecule has 0 aliphatic rings. The summed E-state index contributed by atoms with van der Waals surface area (Å²) in [6.45, 7) is 6.29. The van der Waals surface area contributed by atoms with Crippen LogP contribution in [0, 0.1) is 17.0 Å². The van der Waals surface area contributed by atoms with E-state index < -0.39 is 46.9 Å². The van der Waals surface area contributed by atoms with Crippen LogP contribution >= 0.6 is 11.8 Å². The number of nitrogens with zero attached hydrogens (tertiary/aromatic N) is 2. The summed E-state index contributed by atoms with van der Waals surface area (Å²) in [7, 11) is 0. The number of thioether (sulfide) groups is 1. The number of nitrogens with two attached hydrogens (primary N) is 1. The van der Waals surface area contributed by atoms with Crippen molar-refractivity contribution in [1.29, 1.82) is 0 Å². The SMILES string of the molecule is CSc1ccc(C(=O)N(CCCN)[C@@H](c2cc(-c3cc(F)ccc3F)cn2Cc2ccccc2)C(C)(C)C)c(OC(=O)C(F)(F)F)c1. The third-order valence-corrected chi connectivity index (χ3v) is 8.22. The molecule has 250 valence electrons. The van der Waals surface area contributed by atoms with Crippen molar-refractivity contribution < 1.29 is 36.3 Å². The Hall–Kier alpha value is -4.16. The summed E-state index contributed by atoms with van der Waals surface area (Å²) >= 11 is 1.20. The van der Waals surface area contributed by atoms with Crippen LogP contribution in [0.1, 0.15) is 54.8 Å². The van der Waals surface area contributed by atoms with Crippen molar-refractivity contribution in [3.8, 4) is 16.9 Å². The molecule has 1 atom stereocenters. The minimum atomic E-state index is -5.29. The lowest BCUT2D eigenvalue weighted by atomic mass is 9.82. The Kier molecular flexibility index (Phi) is 11.2. The molecule has 0 saturated heterocycles. The zero-order valence-electron chi connectivity index (χ0n) is 26.4. The predicted molar refractivity (Wildman–Crippen MR) is 172 cm³/mol. The molecule has 4 rings (SSSR count). The lowest BCUT2D eigenvalue weighted by Crippen LogP contribution is -2.43. The summed E-state index contributed by atoms with van der Waals surface area (Å²) in [5, 5.41) is 0. The Morgan fingerprint density at radius 1 is 0.979 bits per heavy atom. The van der Waals surface area contributed by atoms with Gasteiger partial charge in [0, 0.05) is 41.0 Å². The fourth-order valence-electron chi connectivity index (χ4n) is 5.42. The number of carbonyl (C=O) groups is 2. The zero-order valence-corrected chi connectivity index (χ0v) is 27.2. The second kappa shape index (κ2) is 14.7. The van der Waals surface area contributed by atoms with Gasteiger partial charge in [0.05, 0.1) is 11.6 Å². The first-order valence-electron chi connectivity index (χ1n) is 14.8. The number of hydrogen-bond donors (Lipinski definition) is 1. The van der Waals surface area contributed by atoms with Gasteiger partial charge in [0.2, 0.25) is 0 Å².